The highest BCUT2D eigenvalue weighted by molar-refractivity contribution is 7.99. The van der Waals surface area contributed by atoms with E-state index in [2.05, 4.69) is 32.7 Å². The average Bonchev–Trinajstić information content (AvgIpc) is 3.64. The number of alkyl halides is 3. The Morgan fingerprint density at radius 2 is 1.91 bits per heavy atom. The average molecular weight is 641 g/mol. The molecule has 1 unspecified atom stereocenters. The van der Waals surface area contributed by atoms with Crippen LogP contribution < -0.4 is 20.7 Å². The smallest absolute Gasteiger partial charge is 0.290 e. The number of nitrogens with one attached hydrogen (secondary N) is 3. The summed E-state index contributed by atoms with van der Waals surface area (Å²) in [5, 5.41) is 9.68. The van der Waals surface area contributed by atoms with Crippen molar-refractivity contribution >= 4 is 40.5 Å². The molecule has 4 aliphatic rings. The number of methoxy groups -OCH3 is 1. The third-order valence-electron chi connectivity index (χ3n) is 8.55. The van der Waals surface area contributed by atoms with E-state index in [0.29, 0.717) is 84.6 Å². The van der Waals surface area contributed by atoms with E-state index < -0.39 is 18.0 Å². The van der Waals surface area contributed by atoms with Crippen LogP contribution in [0.4, 0.5) is 24.5 Å². The van der Waals surface area contributed by atoms with Gasteiger partial charge in [0.15, 0.2) is 0 Å². The molecule has 0 radical (unpaired) electrons. The summed E-state index contributed by atoms with van der Waals surface area (Å²) >= 11 is 0.399. The lowest BCUT2D eigenvalue weighted by molar-refractivity contribution is -0.137. The van der Waals surface area contributed by atoms with Gasteiger partial charge in [-0.3, -0.25) is 9.59 Å². The van der Waals surface area contributed by atoms with E-state index in [0.717, 1.165) is 6.54 Å². The fourth-order valence-corrected chi connectivity index (χ4v) is 6.93. The standard InChI is InChI=1S/C32H35F3N6O3S/c1-44-28-7-6-20-16-26(28)36-10-2-4-21-17-27-25(5-3-12-41(27)31(21)45-32(34)35)38-24-9-14-40(19-23(24)33)30(43)22-8-13-39(18-22)15-11-37-29(20)42/h3,5-7,12,16-17,22-24,32,36,38H,8-11,13-15,18-19H2,1H3,(H,37,42)/t22-,23+,24-/m1/s1. The number of carbonyl (C=O) groups is 2. The van der Waals surface area contributed by atoms with Gasteiger partial charge < -0.3 is 34.9 Å². The van der Waals surface area contributed by atoms with E-state index in [-0.39, 0.29) is 35.8 Å². The van der Waals surface area contributed by atoms with Crippen LogP contribution in [-0.4, -0.2) is 96.9 Å². The summed E-state index contributed by atoms with van der Waals surface area (Å²) in [5.74, 6) is 3.37. The van der Waals surface area contributed by atoms with E-state index in [9.17, 15) is 18.4 Å². The number of pyridine rings is 1. The van der Waals surface area contributed by atoms with Crippen molar-refractivity contribution < 1.29 is 27.5 Å². The Morgan fingerprint density at radius 3 is 2.71 bits per heavy atom. The van der Waals surface area contributed by atoms with Crippen molar-refractivity contribution in [3.8, 4) is 17.6 Å². The van der Waals surface area contributed by atoms with Gasteiger partial charge in [0.1, 0.15) is 16.9 Å². The number of fused-ring (bicyclic) bond motifs is 7. The number of hydrogen-bond donors (Lipinski definition) is 3. The van der Waals surface area contributed by atoms with Gasteiger partial charge in [-0.1, -0.05) is 11.8 Å². The Balaban J connectivity index is 1.32. The normalized spacial score (nSPS) is 24.1. The van der Waals surface area contributed by atoms with Crippen molar-refractivity contribution in [2.24, 2.45) is 5.92 Å². The second-order valence-electron chi connectivity index (χ2n) is 11.4. The molecule has 3 aromatic rings. The van der Waals surface area contributed by atoms with Crippen molar-refractivity contribution in [2.45, 2.75) is 35.8 Å². The molecular weight excluding hydrogens is 605 g/mol. The molecule has 13 heteroatoms. The van der Waals surface area contributed by atoms with E-state index >= 15 is 4.39 Å². The van der Waals surface area contributed by atoms with Gasteiger partial charge in [-0.05, 0) is 67.5 Å². The number of hydrogen-bond acceptors (Lipinski definition) is 7. The molecule has 238 valence electrons. The van der Waals surface area contributed by atoms with Crippen LogP contribution in [0.1, 0.15) is 28.8 Å². The van der Waals surface area contributed by atoms with Crippen LogP contribution >= 0.6 is 11.8 Å². The number of amides is 2. The number of rotatable bonds is 3. The largest absolute Gasteiger partial charge is 0.495 e. The number of halogens is 3. The maximum Gasteiger partial charge on any atom is 0.290 e. The Morgan fingerprint density at radius 1 is 1.04 bits per heavy atom. The summed E-state index contributed by atoms with van der Waals surface area (Å²) in [5.41, 5.74) is 2.62. The molecular formula is C32H35F3N6O3S. The molecule has 9 nitrogen and oxygen atoms in total. The number of carbonyl (C=O) groups excluding carboxylic acids is 2. The number of nitrogens with zero attached hydrogens (tertiary/aromatic N) is 3. The fourth-order valence-electron chi connectivity index (χ4n) is 6.25. The van der Waals surface area contributed by atoms with E-state index in [1.165, 1.54) is 7.11 Å². The molecule has 4 atom stereocenters. The monoisotopic (exact) mass is 640 g/mol. The number of benzene rings is 1. The van der Waals surface area contributed by atoms with Crippen LogP contribution in [0.15, 0.2) is 47.6 Å². The molecule has 0 saturated carbocycles. The van der Waals surface area contributed by atoms with Crippen molar-refractivity contribution in [3.63, 3.8) is 0 Å². The lowest BCUT2D eigenvalue weighted by atomic mass is 9.99. The molecule has 1 aromatic carbocycles. The Hall–Kier alpha value is -4.02. The van der Waals surface area contributed by atoms with Crippen LogP contribution in [0.25, 0.3) is 5.52 Å². The molecule has 2 amide bonds. The predicted octanol–water partition coefficient (Wildman–Crippen LogP) is 4.14. The lowest BCUT2D eigenvalue weighted by Gasteiger charge is -2.36. The number of piperidine rings is 1. The molecule has 45 heavy (non-hydrogen) atoms. The summed E-state index contributed by atoms with van der Waals surface area (Å²) in [6, 6.07) is 9.76. The van der Waals surface area contributed by atoms with Gasteiger partial charge in [0.05, 0.1) is 54.6 Å². The van der Waals surface area contributed by atoms with Gasteiger partial charge in [-0.2, -0.15) is 8.78 Å². The molecule has 0 aliphatic carbocycles. The first kappa shape index (κ1) is 31.0. The highest BCUT2D eigenvalue weighted by Gasteiger charge is 2.37. The third-order valence-corrected chi connectivity index (χ3v) is 9.36. The van der Waals surface area contributed by atoms with Gasteiger partial charge in [0, 0.05) is 37.9 Å². The third kappa shape index (κ3) is 6.82. The zero-order valence-corrected chi connectivity index (χ0v) is 25.6. The van der Waals surface area contributed by atoms with Gasteiger partial charge in [0.25, 0.3) is 11.7 Å². The minimum absolute atomic E-state index is 0.00670. The number of ether oxygens (including phenoxy) is 1. The minimum Gasteiger partial charge on any atom is -0.495 e. The number of thioether (sulfide) groups is 1. The first-order valence-corrected chi connectivity index (χ1v) is 15.9. The van der Waals surface area contributed by atoms with E-state index in [4.69, 9.17) is 4.74 Å². The maximum atomic E-state index is 15.5. The van der Waals surface area contributed by atoms with Crippen LogP contribution in [-0.2, 0) is 4.79 Å². The quantitative estimate of drug-likeness (QED) is 0.293. The van der Waals surface area contributed by atoms with Gasteiger partial charge in [-0.15, -0.1) is 0 Å². The zero-order chi connectivity index (χ0) is 31.5. The molecule has 2 saturated heterocycles. The van der Waals surface area contributed by atoms with Crippen LogP contribution in [0, 0.1) is 17.8 Å². The summed E-state index contributed by atoms with van der Waals surface area (Å²) < 4.78 is 49.9. The van der Waals surface area contributed by atoms with Crippen LogP contribution in [0.3, 0.4) is 0 Å². The Kier molecular flexibility index (Phi) is 9.32. The van der Waals surface area contributed by atoms with Gasteiger partial charge >= 0.3 is 0 Å². The molecule has 6 heterocycles. The Labute approximate surface area is 263 Å². The van der Waals surface area contributed by atoms with E-state index in [1.54, 1.807) is 51.9 Å². The van der Waals surface area contributed by atoms with Gasteiger partial charge in [-0.25, -0.2) is 4.39 Å². The zero-order valence-electron chi connectivity index (χ0n) is 24.8. The SMILES string of the molecule is COc1ccc2cc1NCC#Cc1cc3c(cccn3c1SC(F)F)N[C@@H]1CCN(C[C@@H]1F)C(=O)[C@@H]1CCN(CCNC2=O)C1. The topological polar surface area (TPSA) is 90.3 Å². The summed E-state index contributed by atoms with van der Waals surface area (Å²) in [6.45, 7) is 2.89. The molecule has 0 spiro atoms. The van der Waals surface area contributed by atoms with Crippen molar-refractivity contribution in [2.75, 3.05) is 63.6 Å². The molecule has 7 rings (SSSR count). The first-order chi connectivity index (χ1) is 21.8. The van der Waals surface area contributed by atoms with Crippen molar-refractivity contribution in [1.82, 2.24) is 19.5 Å². The van der Waals surface area contributed by atoms with Crippen LogP contribution in [0.5, 0.6) is 5.75 Å². The fraction of sp³-hybridized carbons (Fsp3) is 0.438. The van der Waals surface area contributed by atoms with Crippen molar-refractivity contribution in [1.29, 1.82) is 0 Å². The van der Waals surface area contributed by atoms with Crippen molar-refractivity contribution in [3.05, 3.63) is 53.7 Å². The molecule has 3 N–H and O–H groups in total. The second-order valence-corrected chi connectivity index (χ2v) is 12.3. The molecule has 8 bridgehead atoms. The number of aromatic nitrogens is 1. The molecule has 4 aliphatic heterocycles. The molecule has 2 aromatic heterocycles. The highest BCUT2D eigenvalue weighted by Crippen LogP contribution is 2.34. The summed E-state index contributed by atoms with van der Waals surface area (Å²) in [7, 11) is 1.53. The summed E-state index contributed by atoms with van der Waals surface area (Å²) in [4.78, 5) is 30.0. The minimum atomic E-state index is -2.67. The predicted molar refractivity (Wildman–Crippen MR) is 168 cm³/mol. The van der Waals surface area contributed by atoms with Gasteiger partial charge in [0.2, 0.25) is 5.91 Å². The van der Waals surface area contributed by atoms with E-state index in [1.807, 2.05) is 0 Å². The lowest BCUT2D eigenvalue weighted by Crippen LogP contribution is -2.51. The number of anilines is 2. The maximum absolute atomic E-state index is 15.5. The summed E-state index contributed by atoms with van der Waals surface area (Å²) in [6.07, 6.45) is 1.49. The molecule has 2 fully saturated rings. The first-order valence-electron chi connectivity index (χ1n) is 15.0. The second kappa shape index (κ2) is 13.5. The highest BCUT2D eigenvalue weighted by atomic mass is 32.2. The Bertz CT molecular complexity index is 1640. The van der Waals surface area contributed by atoms with Crippen LogP contribution in [0.2, 0.25) is 0 Å².